The molecule has 1 N–H and O–H groups in total. The lowest BCUT2D eigenvalue weighted by Gasteiger charge is -2.26. The minimum absolute atomic E-state index is 0.218. The lowest BCUT2D eigenvalue weighted by molar-refractivity contribution is 0.0342. The van der Waals surface area contributed by atoms with Crippen molar-refractivity contribution in [3.8, 4) is 10.6 Å². The van der Waals surface area contributed by atoms with E-state index in [0.29, 0.717) is 21.1 Å². The largest absolute Gasteiger partial charge is 0.379 e. The Bertz CT molecular complexity index is 1210. The Morgan fingerprint density at radius 2 is 1.94 bits per heavy atom. The van der Waals surface area contributed by atoms with Gasteiger partial charge >= 0.3 is 0 Å². The number of nitrogens with zero attached hydrogens (tertiary/aromatic N) is 4. The Labute approximate surface area is 190 Å². The summed E-state index contributed by atoms with van der Waals surface area (Å²) in [5.74, 6) is -0.227. The van der Waals surface area contributed by atoms with Gasteiger partial charge in [0.1, 0.15) is 9.88 Å². The van der Waals surface area contributed by atoms with Crippen LogP contribution in [0.5, 0.6) is 0 Å². The van der Waals surface area contributed by atoms with Crippen LogP contribution < -0.4 is 10.9 Å². The molecular formula is C23H27N5O3S. The van der Waals surface area contributed by atoms with Crippen LogP contribution in [0.3, 0.4) is 0 Å². The molecule has 1 fully saturated rings. The zero-order chi connectivity index (χ0) is 22.8. The standard InChI is InChI=1S/C23H27N5O3S/c1-14-15(2)26-27(4)23(30)19(14)22-24-16(3)20(32-22)21(29)25-18-7-5-6-17(12-18)13-28-8-10-31-11-9-28/h5-7,12H,8-11,13H2,1-4H3,(H,25,29). The summed E-state index contributed by atoms with van der Waals surface area (Å²) in [5, 5.41) is 7.75. The first-order valence-corrected chi connectivity index (χ1v) is 11.4. The third-order valence-corrected chi connectivity index (χ3v) is 6.81. The number of amides is 1. The molecule has 1 saturated heterocycles. The van der Waals surface area contributed by atoms with Gasteiger partial charge < -0.3 is 10.1 Å². The molecule has 0 unspecified atom stereocenters. The van der Waals surface area contributed by atoms with E-state index in [1.54, 1.807) is 14.0 Å². The summed E-state index contributed by atoms with van der Waals surface area (Å²) in [6.45, 7) is 9.65. The highest BCUT2D eigenvalue weighted by Gasteiger charge is 2.21. The van der Waals surface area contributed by atoms with Crippen molar-refractivity contribution in [2.45, 2.75) is 27.3 Å². The monoisotopic (exact) mass is 453 g/mol. The van der Waals surface area contributed by atoms with Gasteiger partial charge in [0.2, 0.25) is 0 Å². The fraction of sp³-hybridized carbons (Fsp3) is 0.391. The van der Waals surface area contributed by atoms with Gasteiger partial charge in [0.15, 0.2) is 0 Å². The van der Waals surface area contributed by atoms with Crippen LogP contribution in [0.25, 0.3) is 10.6 Å². The smallest absolute Gasteiger partial charge is 0.277 e. The van der Waals surface area contributed by atoms with E-state index in [0.717, 1.165) is 55.4 Å². The molecule has 32 heavy (non-hydrogen) atoms. The third-order valence-electron chi connectivity index (χ3n) is 5.64. The van der Waals surface area contributed by atoms with E-state index in [-0.39, 0.29) is 11.5 Å². The van der Waals surface area contributed by atoms with Gasteiger partial charge in [0.25, 0.3) is 11.5 Å². The maximum Gasteiger partial charge on any atom is 0.277 e. The Hall–Kier alpha value is -2.88. The van der Waals surface area contributed by atoms with Crippen LogP contribution in [-0.2, 0) is 18.3 Å². The second-order valence-corrected chi connectivity index (χ2v) is 8.99. The number of hydrogen-bond acceptors (Lipinski definition) is 7. The molecular weight excluding hydrogens is 426 g/mol. The first kappa shape index (κ1) is 22.3. The zero-order valence-corrected chi connectivity index (χ0v) is 19.6. The SMILES string of the molecule is Cc1nc(-c2c(C)c(C)nn(C)c2=O)sc1C(=O)Nc1cccc(CN2CCOCC2)c1. The molecule has 0 spiro atoms. The fourth-order valence-electron chi connectivity index (χ4n) is 3.77. The Morgan fingerprint density at radius 1 is 1.19 bits per heavy atom. The molecule has 3 heterocycles. The van der Waals surface area contributed by atoms with Crippen molar-refractivity contribution in [2.75, 3.05) is 31.6 Å². The summed E-state index contributed by atoms with van der Waals surface area (Å²) in [6, 6.07) is 7.88. The molecule has 0 saturated carbocycles. The predicted octanol–water partition coefficient (Wildman–Crippen LogP) is 2.91. The van der Waals surface area contributed by atoms with E-state index >= 15 is 0 Å². The summed E-state index contributed by atoms with van der Waals surface area (Å²) >= 11 is 1.23. The van der Waals surface area contributed by atoms with Crippen LogP contribution >= 0.6 is 11.3 Å². The van der Waals surface area contributed by atoms with Gasteiger partial charge in [-0.1, -0.05) is 12.1 Å². The number of aromatic nitrogens is 3. The van der Waals surface area contributed by atoms with Crippen molar-refractivity contribution in [3.05, 3.63) is 62.0 Å². The second kappa shape index (κ2) is 9.32. The van der Waals surface area contributed by atoms with Crippen molar-refractivity contribution >= 4 is 22.9 Å². The van der Waals surface area contributed by atoms with Gasteiger partial charge in [0.05, 0.1) is 30.2 Å². The van der Waals surface area contributed by atoms with Gasteiger partial charge in [-0.3, -0.25) is 14.5 Å². The van der Waals surface area contributed by atoms with E-state index in [9.17, 15) is 9.59 Å². The van der Waals surface area contributed by atoms with Crippen molar-refractivity contribution < 1.29 is 9.53 Å². The van der Waals surface area contributed by atoms with Gasteiger partial charge in [-0.05, 0) is 44.0 Å². The Morgan fingerprint density at radius 3 is 2.69 bits per heavy atom. The molecule has 1 aliphatic rings. The maximum absolute atomic E-state index is 13.0. The van der Waals surface area contributed by atoms with E-state index in [4.69, 9.17) is 4.74 Å². The van der Waals surface area contributed by atoms with Crippen LogP contribution in [0.15, 0.2) is 29.1 Å². The summed E-state index contributed by atoms with van der Waals surface area (Å²) in [6.07, 6.45) is 0. The quantitative estimate of drug-likeness (QED) is 0.639. The second-order valence-electron chi connectivity index (χ2n) is 7.99. The minimum atomic E-state index is -0.227. The molecule has 8 nitrogen and oxygen atoms in total. The number of benzene rings is 1. The molecule has 2 aromatic heterocycles. The highest BCUT2D eigenvalue weighted by Crippen LogP contribution is 2.29. The van der Waals surface area contributed by atoms with Gasteiger partial charge in [-0.2, -0.15) is 5.10 Å². The average molecular weight is 454 g/mol. The first-order chi connectivity index (χ1) is 15.3. The van der Waals surface area contributed by atoms with Crippen LogP contribution in [0.1, 0.15) is 32.2 Å². The molecule has 0 aliphatic carbocycles. The first-order valence-electron chi connectivity index (χ1n) is 10.6. The summed E-state index contributed by atoms with van der Waals surface area (Å²) in [4.78, 5) is 33.1. The summed E-state index contributed by atoms with van der Waals surface area (Å²) in [7, 11) is 1.62. The predicted molar refractivity (Wildman–Crippen MR) is 125 cm³/mol. The van der Waals surface area contributed by atoms with Crippen LogP contribution in [0.4, 0.5) is 5.69 Å². The van der Waals surface area contributed by atoms with E-state index in [1.807, 2.05) is 32.0 Å². The highest BCUT2D eigenvalue weighted by atomic mass is 32.1. The van der Waals surface area contributed by atoms with Crippen molar-refractivity contribution in [1.82, 2.24) is 19.7 Å². The molecule has 0 atom stereocenters. The van der Waals surface area contributed by atoms with Crippen LogP contribution in [-0.4, -0.2) is 51.9 Å². The number of aryl methyl sites for hydroxylation is 3. The van der Waals surface area contributed by atoms with Crippen molar-refractivity contribution in [1.29, 1.82) is 0 Å². The minimum Gasteiger partial charge on any atom is -0.379 e. The number of ether oxygens (including phenoxy) is 1. The highest BCUT2D eigenvalue weighted by molar-refractivity contribution is 7.17. The Kier molecular flexibility index (Phi) is 6.50. The van der Waals surface area contributed by atoms with Crippen LogP contribution in [0.2, 0.25) is 0 Å². The molecule has 4 rings (SSSR count). The van der Waals surface area contributed by atoms with Crippen molar-refractivity contribution in [2.24, 2.45) is 7.05 Å². The topological polar surface area (TPSA) is 89.3 Å². The molecule has 1 aromatic carbocycles. The van der Waals surface area contributed by atoms with Gasteiger partial charge in [-0.15, -0.1) is 11.3 Å². The van der Waals surface area contributed by atoms with E-state index < -0.39 is 0 Å². The number of rotatable bonds is 5. The number of carbonyl (C=O) groups is 1. The molecule has 1 amide bonds. The average Bonchev–Trinajstić information content (AvgIpc) is 3.15. The number of morpholine rings is 1. The molecule has 0 radical (unpaired) electrons. The third kappa shape index (κ3) is 4.64. The van der Waals surface area contributed by atoms with Gasteiger partial charge in [0, 0.05) is 32.4 Å². The molecule has 168 valence electrons. The van der Waals surface area contributed by atoms with Crippen LogP contribution in [0, 0.1) is 20.8 Å². The molecule has 9 heteroatoms. The number of hydrogen-bond donors (Lipinski definition) is 1. The zero-order valence-electron chi connectivity index (χ0n) is 18.8. The lowest BCUT2D eigenvalue weighted by atomic mass is 10.1. The summed E-state index contributed by atoms with van der Waals surface area (Å²) in [5.41, 5.74) is 4.30. The molecule has 3 aromatic rings. The van der Waals surface area contributed by atoms with Crippen molar-refractivity contribution in [3.63, 3.8) is 0 Å². The molecule has 1 aliphatic heterocycles. The number of anilines is 1. The van der Waals surface area contributed by atoms with Gasteiger partial charge in [-0.25, -0.2) is 9.67 Å². The number of thiazole rings is 1. The number of nitrogens with one attached hydrogen (secondary N) is 1. The number of carbonyl (C=O) groups excluding carboxylic acids is 1. The normalized spacial score (nSPS) is 14.5. The van der Waals surface area contributed by atoms with E-state index in [2.05, 4.69) is 26.4 Å². The Balaban J connectivity index is 1.55. The summed E-state index contributed by atoms with van der Waals surface area (Å²) < 4.78 is 6.72. The maximum atomic E-state index is 13.0. The van der Waals surface area contributed by atoms with E-state index in [1.165, 1.54) is 16.0 Å². The lowest BCUT2D eigenvalue weighted by Crippen LogP contribution is -2.35. The molecule has 0 bridgehead atoms. The fourth-order valence-corrected chi connectivity index (χ4v) is 4.82.